The number of aromatic nitrogens is 4. The van der Waals surface area contributed by atoms with Gasteiger partial charge in [-0.15, -0.1) is 0 Å². The van der Waals surface area contributed by atoms with Crippen molar-refractivity contribution in [3.8, 4) is 28.3 Å². The van der Waals surface area contributed by atoms with Crippen molar-refractivity contribution in [2.45, 2.75) is 13.1 Å². The molecule has 0 aliphatic carbocycles. The van der Waals surface area contributed by atoms with E-state index in [0.29, 0.717) is 0 Å². The van der Waals surface area contributed by atoms with Crippen LogP contribution in [-0.4, -0.2) is 47.4 Å². The van der Waals surface area contributed by atoms with E-state index in [-0.39, 0.29) is 63.9 Å². The molecule has 0 saturated heterocycles. The van der Waals surface area contributed by atoms with E-state index in [1.54, 1.807) is 36.4 Å². The van der Waals surface area contributed by atoms with E-state index >= 15 is 0 Å². The Kier molecular flexibility index (Phi) is 6.23. The first-order valence-corrected chi connectivity index (χ1v) is 13.1. The smallest absolute Gasteiger partial charge is 0.433 e. The summed E-state index contributed by atoms with van der Waals surface area (Å²) in [5.41, 5.74) is -1.64. The Labute approximate surface area is 213 Å². The van der Waals surface area contributed by atoms with Crippen molar-refractivity contribution >= 4 is 26.8 Å². The second-order valence-corrected chi connectivity index (χ2v) is 10.2. The SMILES string of the molecule is Cc1nc2c(-c3ccccc3)c(C(F)(F)F)[nH]n2c(=O)c1-c1nc2c(OCCNS(C)(=O)=O)cccc2o1. The minimum atomic E-state index is -4.78. The van der Waals surface area contributed by atoms with Crippen LogP contribution in [-0.2, 0) is 16.2 Å². The molecule has 0 spiro atoms. The van der Waals surface area contributed by atoms with Gasteiger partial charge < -0.3 is 9.15 Å². The fourth-order valence-electron chi connectivity index (χ4n) is 4.04. The number of oxazole rings is 1. The number of H-pyrrole nitrogens is 1. The Morgan fingerprint density at radius 2 is 1.82 bits per heavy atom. The predicted molar refractivity (Wildman–Crippen MR) is 132 cm³/mol. The van der Waals surface area contributed by atoms with Gasteiger partial charge in [0.05, 0.1) is 17.5 Å². The summed E-state index contributed by atoms with van der Waals surface area (Å²) in [4.78, 5) is 22.2. The lowest BCUT2D eigenvalue weighted by molar-refractivity contribution is -0.140. The molecule has 0 fully saturated rings. The predicted octanol–water partition coefficient (Wildman–Crippen LogP) is 3.75. The first-order valence-electron chi connectivity index (χ1n) is 11.2. The van der Waals surface area contributed by atoms with Gasteiger partial charge in [-0.3, -0.25) is 9.89 Å². The van der Waals surface area contributed by atoms with Crippen LogP contribution in [0.1, 0.15) is 11.4 Å². The number of rotatable bonds is 7. The van der Waals surface area contributed by atoms with Crippen LogP contribution >= 0.6 is 0 Å². The Hall–Kier alpha value is -4.17. The van der Waals surface area contributed by atoms with E-state index < -0.39 is 27.5 Å². The van der Waals surface area contributed by atoms with Crippen molar-refractivity contribution < 1.29 is 30.7 Å². The molecule has 10 nitrogen and oxygen atoms in total. The minimum Gasteiger partial charge on any atom is -0.490 e. The van der Waals surface area contributed by atoms with E-state index in [1.165, 1.54) is 19.1 Å². The van der Waals surface area contributed by atoms with E-state index in [1.807, 2.05) is 0 Å². The zero-order valence-corrected chi connectivity index (χ0v) is 20.8. The third kappa shape index (κ3) is 4.75. The first kappa shape index (κ1) is 25.5. The molecule has 0 amide bonds. The number of benzene rings is 2. The largest absolute Gasteiger partial charge is 0.490 e. The van der Waals surface area contributed by atoms with Crippen molar-refractivity contribution in [2.75, 3.05) is 19.4 Å². The summed E-state index contributed by atoms with van der Waals surface area (Å²) in [6, 6.07) is 12.6. The van der Waals surface area contributed by atoms with Gasteiger partial charge in [0.2, 0.25) is 15.9 Å². The highest BCUT2D eigenvalue weighted by Gasteiger charge is 2.38. The number of nitrogens with zero attached hydrogens (tertiary/aromatic N) is 3. The Bertz CT molecular complexity index is 1830. The number of para-hydroxylation sites is 1. The maximum absolute atomic E-state index is 13.9. The number of aryl methyl sites for hydroxylation is 1. The van der Waals surface area contributed by atoms with Gasteiger partial charge in [0.15, 0.2) is 16.7 Å². The van der Waals surface area contributed by atoms with Crippen molar-refractivity contribution in [3.63, 3.8) is 0 Å². The van der Waals surface area contributed by atoms with E-state index in [9.17, 15) is 26.4 Å². The normalized spacial score (nSPS) is 12.4. The van der Waals surface area contributed by atoms with Crippen LogP contribution in [0.2, 0.25) is 0 Å². The molecule has 0 unspecified atom stereocenters. The third-order valence-corrected chi connectivity index (χ3v) is 6.36. The Morgan fingerprint density at radius 1 is 1.08 bits per heavy atom. The van der Waals surface area contributed by atoms with Crippen LogP contribution in [0.5, 0.6) is 5.75 Å². The van der Waals surface area contributed by atoms with Crippen LogP contribution in [0.15, 0.2) is 57.7 Å². The molecule has 3 aromatic heterocycles. The molecule has 2 aromatic carbocycles. The molecule has 198 valence electrons. The molecule has 0 radical (unpaired) electrons. The molecule has 38 heavy (non-hydrogen) atoms. The quantitative estimate of drug-likeness (QED) is 0.297. The fraction of sp³-hybridized carbons (Fsp3) is 0.208. The van der Waals surface area contributed by atoms with Gasteiger partial charge in [-0.1, -0.05) is 36.4 Å². The number of fused-ring (bicyclic) bond motifs is 2. The molecule has 2 N–H and O–H groups in total. The van der Waals surface area contributed by atoms with Crippen molar-refractivity contribution in [3.05, 3.63) is 70.3 Å². The minimum absolute atomic E-state index is 0.00542. The van der Waals surface area contributed by atoms with E-state index in [0.717, 1.165) is 10.8 Å². The van der Waals surface area contributed by atoms with Crippen molar-refractivity contribution in [1.29, 1.82) is 0 Å². The summed E-state index contributed by atoms with van der Waals surface area (Å²) in [5.74, 6) is 0.115. The third-order valence-electron chi connectivity index (χ3n) is 5.63. The summed E-state index contributed by atoms with van der Waals surface area (Å²) in [7, 11) is -3.39. The topological polar surface area (TPSA) is 132 Å². The van der Waals surface area contributed by atoms with Crippen molar-refractivity contribution in [2.24, 2.45) is 0 Å². The highest BCUT2D eigenvalue weighted by Crippen LogP contribution is 2.38. The second-order valence-electron chi connectivity index (χ2n) is 8.40. The number of ether oxygens (including phenoxy) is 1. The molecule has 0 bridgehead atoms. The maximum Gasteiger partial charge on any atom is 0.433 e. The summed E-state index contributed by atoms with van der Waals surface area (Å²) in [5, 5.41) is 2.17. The highest BCUT2D eigenvalue weighted by atomic mass is 32.2. The zero-order chi connectivity index (χ0) is 27.2. The van der Waals surface area contributed by atoms with Crippen LogP contribution in [0.3, 0.4) is 0 Å². The molecule has 0 aliphatic rings. The molecule has 5 aromatic rings. The number of halogens is 3. The molecule has 0 aliphatic heterocycles. The van der Waals surface area contributed by atoms with Gasteiger partial charge in [-0.05, 0) is 24.6 Å². The summed E-state index contributed by atoms with van der Waals surface area (Å²) in [6.45, 7) is 1.49. The van der Waals surface area contributed by atoms with Gasteiger partial charge in [0, 0.05) is 6.54 Å². The van der Waals surface area contributed by atoms with E-state index in [2.05, 4.69) is 19.8 Å². The van der Waals surface area contributed by atoms with Gasteiger partial charge in [-0.2, -0.15) is 17.7 Å². The zero-order valence-electron chi connectivity index (χ0n) is 20.0. The molecule has 5 rings (SSSR count). The molecular formula is C24H20F3N5O5S. The monoisotopic (exact) mass is 547 g/mol. The maximum atomic E-state index is 13.9. The fourth-order valence-corrected chi connectivity index (χ4v) is 4.50. The van der Waals surface area contributed by atoms with Crippen LogP contribution in [0.25, 0.3) is 39.3 Å². The summed E-state index contributed by atoms with van der Waals surface area (Å²) in [6.07, 6.45) is -3.76. The summed E-state index contributed by atoms with van der Waals surface area (Å²) < 4.78 is 78.7. The van der Waals surface area contributed by atoms with Crippen LogP contribution in [0.4, 0.5) is 13.2 Å². The number of alkyl halides is 3. The lowest BCUT2D eigenvalue weighted by atomic mass is 10.1. The molecule has 14 heteroatoms. The second kappa shape index (κ2) is 9.29. The number of hydrogen-bond donors (Lipinski definition) is 2. The summed E-state index contributed by atoms with van der Waals surface area (Å²) >= 11 is 0. The standard InChI is InChI=1S/C24H20F3N5O5S/c1-13-17(22-30-19-15(9-6-10-16(19)37-22)36-12-11-28-38(2,34)35)23(33)32-21(29-13)18(14-7-4-3-5-8-14)20(31-32)24(25,26)27/h3-10,28,31H,11-12H2,1-2H3. The number of sulfonamides is 1. The van der Waals surface area contributed by atoms with Gasteiger partial charge in [0.25, 0.3) is 5.56 Å². The lowest BCUT2D eigenvalue weighted by Crippen LogP contribution is -2.26. The van der Waals surface area contributed by atoms with Crippen LogP contribution < -0.4 is 15.0 Å². The Morgan fingerprint density at radius 3 is 2.50 bits per heavy atom. The van der Waals surface area contributed by atoms with Crippen molar-refractivity contribution in [1.82, 2.24) is 24.3 Å². The molecule has 0 saturated carbocycles. The molecule has 0 atom stereocenters. The molecular weight excluding hydrogens is 527 g/mol. The number of aromatic amines is 1. The molecule has 3 heterocycles. The van der Waals surface area contributed by atoms with Gasteiger partial charge in [-0.25, -0.2) is 23.1 Å². The average molecular weight is 548 g/mol. The average Bonchev–Trinajstić information content (AvgIpc) is 3.44. The first-order chi connectivity index (χ1) is 17.9. The highest BCUT2D eigenvalue weighted by molar-refractivity contribution is 7.88. The van der Waals surface area contributed by atoms with Gasteiger partial charge in [0.1, 0.15) is 23.6 Å². The van der Waals surface area contributed by atoms with Gasteiger partial charge >= 0.3 is 6.18 Å². The van der Waals surface area contributed by atoms with E-state index in [4.69, 9.17) is 9.15 Å². The Balaban J connectivity index is 1.62. The lowest BCUT2D eigenvalue weighted by Gasteiger charge is -2.07. The van der Waals surface area contributed by atoms with Crippen LogP contribution in [0, 0.1) is 6.92 Å². The number of nitrogens with one attached hydrogen (secondary N) is 2. The number of hydrogen-bond acceptors (Lipinski definition) is 7.